The van der Waals surface area contributed by atoms with Gasteiger partial charge in [0.25, 0.3) is 0 Å². The van der Waals surface area contributed by atoms with Crippen molar-refractivity contribution in [3.63, 3.8) is 0 Å². The van der Waals surface area contributed by atoms with Crippen LogP contribution in [0.15, 0.2) is 18.5 Å². The van der Waals surface area contributed by atoms with Gasteiger partial charge >= 0.3 is 5.97 Å². The third kappa shape index (κ3) is 2.22. The molecule has 2 aromatic rings. The molecule has 4 nitrogen and oxygen atoms in total. The average molecular weight is 247 g/mol. The van der Waals surface area contributed by atoms with Crippen LogP contribution in [0.4, 0.5) is 0 Å². The maximum Gasteiger partial charge on any atom is 0.307 e. The van der Waals surface area contributed by atoms with Crippen molar-refractivity contribution < 1.29 is 9.90 Å². The van der Waals surface area contributed by atoms with E-state index in [1.807, 2.05) is 0 Å². The molecule has 0 fully saturated rings. The number of aromatic amines is 1. The molecule has 0 aliphatic carbocycles. The lowest BCUT2D eigenvalue weighted by molar-refractivity contribution is -0.136. The van der Waals surface area contributed by atoms with Crippen molar-refractivity contribution in [3.05, 3.63) is 29.0 Å². The first-order valence-electron chi connectivity index (χ1n) is 4.00. The fraction of sp³-hybridized carbons (Fsp3) is 0.111. The number of hydrogen-bond donors (Lipinski definition) is 2. The summed E-state index contributed by atoms with van der Waals surface area (Å²) in [7, 11) is 0. The van der Waals surface area contributed by atoms with Gasteiger partial charge in [-0.2, -0.15) is 0 Å². The molecule has 0 aliphatic rings. The third-order valence-electron chi connectivity index (χ3n) is 1.95. The van der Waals surface area contributed by atoms with Gasteiger partial charge in [-0.15, -0.1) is 12.4 Å². The second kappa shape index (κ2) is 4.51. The molecule has 0 unspecified atom stereocenters. The van der Waals surface area contributed by atoms with Crippen molar-refractivity contribution in [2.75, 3.05) is 0 Å². The normalized spacial score (nSPS) is 9.93. The van der Waals surface area contributed by atoms with Crippen molar-refractivity contribution >= 4 is 41.0 Å². The van der Waals surface area contributed by atoms with Crippen LogP contribution in [0.1, 0.15) is 5.56 Å². The zero-order valence-electron chi connectivity index (χ0n) is 7.53. The van der Waals surface area contributed by atoms with Crippen molar-refractivity contribution in [1.29, 1.82) is 0 Å². The summed E-state index contributed by atoms with van der Waals surface area (Å²) >= 11 is 5.93. The van der Waals surface area contributed by atoms with E-state index in [-0.39, 0.29) is 18.8 Å². The first kappa shape index (κ1) is 11.8. The topological polar surface area (TPSA) is 66.0 Å². The fourth-order valence-electron chi connectivity index (χ4n) is 1.38. The smallest absolute Gasteiger partial charge is 0.307 e. The Morgan fingerprint density at radius 3 is 3.00 bits per heavy atom. The van der Waals surface area contributed by atoms with E-state index in [0.717, 1.165) is 0 Å². The maximum atomic E-state index is 10.5. The monoisotopic (exact) mass is 246 g/mol. The van der Waals surface area contributed by atoms with E-state index < -0.39 is 5.97 Å². The molecule has 0 amide bonds. The Bertz CT molecular complexity index is 496. The first-order chi connectivity index (χ1) is 6.68. The van der Waals surface area contributed by atoms with Crippen LogP contribution in [-0.4, -0.2) is 21.0 Å². The zero-order chi connectivity index (χ0) is 10.1. The second-order valence-electron chi connectivity index (χ2n) is 2.90. The summed E-state index contributed by atoms with van der Waals surface area (Å²) in [6, 6.07) is 1.64. The molecule has 0 atom stereocenters. The molecule has 2 aromatic heterocycles. The third-order valence-corrected chi connectivity index (χ3v) is 2.26. The Kier molecular flexibility index (Phi) is 3.55. The molecular formula is C9H8Cl2N2O2. The number of aliphatic carboxylic acids is 1. The van der Waals surface area contributed by atoms with Crippen LogP contribution in [0.3, 0.4) is 0 Å². The fourth-order valence-corrected chi connectivity index (χ4v) is 1.65. The standard InChI is InChI=1S/C9H7ClN2O2.ClH/c10-6-1-2-11-9-8(6)5(4-12-9)3-7(13)14;/h1-2,4H,3H2,(H,11,12)(H,13,14);1H. The molecule has 0 saturated heterocycles. The summed E-state index contributed by atoms with van der Waals surface area (Å²) in [6.07, 6.45) is 3.15. The van der Waals surface area contributed by atoms with Crippen molar-refractivity contribution in [3.8, 4) is 0 Å². The van der Waals surface area contributed by atoms with Crippen LogP contribution in [0.25, 0.3) is 11.0 Å². The van der Waals surface area contributed by atoms with Crippen LogP contribution >= 0.6 is 24.0 Å². The number of nitrogens with one attached hydrogen (secondary N) is 1. The molecule has 6 heteroatoms. The Labute approximate surface area is 96.7 Å². The van der Waals surface area contributed by atoms with Gasteiger partial charge in [-0.1, -0.05) is 11.6 Å². The molecule has 0 radical (unpaired) electrons. The van der Waals surface area contributed by atoms with Crippen LogP contribution in [0, 0.1) is 0 Å². The molecule has 0 bridgehead atoms. The van der Waals surface area contributed by atoms with Gasteiger partial charge < -0.3 is 10.1 Å². The SMILES string of the molecule is Cl.O=C(O)Cc1c[nH]c2nccc(Cl)c12. The number of carbonyl (C=O) groups is 1. The van der Waals surface area contributed by atoms with Gasteiger partial charge in [-0.25, -0.2) is 4.98 Å². The summed E-state index contributed by atoms with van der Waals surface area (Å²) < 4.78 is 0. The van der Waals surface area contributed by atoms with Crippen LogP contribution in [-0.2, 0) is 11.2 Å². The molecule has 0 spiro atoms. The molecular weight excluding hydrogens is 239 g/mol. The van der Waals surface area contributed by atoms with Gasteiger partial charge in [-0.3, -0.25) is 4.79 Å². The van der Waals surface area contributed by atoms with Crippen LogP contribution in [0.2, 0.25) is 5.02 Å². The van der Waals surface area contributed by atoms with Crippen LogP contribution in [0.5, 0.6) is 0 Å². The summed E-state index contributed by atoms with van der Waals surface area (Å²) in [5.74, 6) is -0.884. The number of rotatable bonds is 2. The zero-order valence-corrected chi connectivity index (χ0v) is 9.10. The molecule has 0 saturated carbocycles. The van der Waals surface area contributed by atoms with Crippen molar-refractivity contribution in [2.45, 2.75) is 6.42 Å². The lowest BCUT2D eigenvalue weighted by atomic mass is 10.1. The molecule has 2 N–H and O–H groups in total. The Hall–Kier alpha value is -1.26. The Balaban J connectivity index is 0.00000112. The van der Waals surface area contributed by atoms with Gasteiger partial charge in [0.05, 0.1) is 11.4 Å². The lowest BCUT2D eigenvalue weighted by Gasteiger charge is -1.96. The number of carboxylic acid groups (broad SMARTS) is 1. The number of nitrogens with zero attached hydrogens (tertiary/aromatic N) is 1. The van der Waals surface area contributed by atoms with E-state index >= 15 is 0 Å². The lowest BCUT2D eigenvalue weighted by Crippen LogP contribution is -1.98. The molecule has 2 rings (SSSR count). The first-order valence-corrected chi connectivity index (χ1v) is 4.38. The minimum Gasteiger partial charge on any atom is -0.481 e. The van der Waals surface area contributed by atoms with Gasteiger partial charge in [0.1, 0.15) is 5.65 Å². The van der Waals surface area contributed by atoms with E-state index in [1.54, 1.807) is 18.5 Å². The highest BCUT2D eigenvalue weighted by molar-refractivity contribution is 6.35. The molecule has 80 valence electrons. The second-order valence-corrected chi connectivity index (χ2v) is 3.31. The predicted molar refractivity (Wildman–Crippen MR) is 59.7 cm³/mol. The summed E-state index contributed by atoms with van der Waals surface area (Å²) in [5.41, 5.74) is 1.28. The van der Waals surface area contributed by atoms with Crippen molar-refractivity contribution in [2.24, 2.45) is 0 Å². The number of hydrogen-bond acceptors (Lipinski definition) is 2. The largest absolute Gasteiger partial charge is 0.481 e. The number of H-pyrrole nitrogens is 1. The van der Waals surface area contributed by atoms with E-state index in [4.69, 9.17) is 16.7 Å². The summed E-state index contributed by atoms with van der Waals surface area (Å²) in [6.45, 7) is 0. The quantitative estimate of drug-likeness (QED) is 0.855. The van der Waals surface area contributed by atoms with Gasteiger partial charge in [-0.05, 0) is 11.6 Å². The predicted octanol–water partition coefficient (Wildman–Crippen LogP) is 2.27. The number of halogens is 2. The van der Waals surface area contributed by atoms with Crippen LogP contribution < -0.4 is 0 Å². The average Bonchev–Trinajstić information content (AvgIpc) is 2.49. The Morgan fingerprint density at radius 1 is 1.60 bits per heavy atom. The molecule has 15 heavy (non-hydrogen) atoms. The van der Waals surface area contributed by atoms with E-state index in [2.05, 4.69) is 9.97 Å². The minimum atomic E-state index is -0.884. The van der Waals surface area contributed by atoms with Gasteiger partial charge in [0.15, 0.2) is 0 Å². The molecule has 0 aliphatic heterocycles. The van der Waals surface area contributed by atoms with Crippen molar-refractivity contribution in [1.82, 2.24) is 9.97 Å². The van der Waals surface area contributed by atoms with Gasteiger partial charge in [0, 0.05) is 17.8 Å². The highest BCUT2D eigenvalue weighted by Crippen LogP contribution is 2.24. The van der Waals surface area contributed by atoms with Gasteiger partial charge in [0.2, 0.25) is 0 Å². The van der Waals surface area contributed by atoms with E-state index in [0.29, 0.717) is 21.6 Å². The Morgan fingerprint density at radius 2 is 2.33 bits per heavy atom. The number of fused-ring (bicyclic) bond motifs is 1. The number of pyridine rings is 1. The number of carboxylic acids is 1. The maximum absolute atomic E-state index is 10.5. The van der Waals surface area contributed by atoms with E-state index in [9.17, 15) is 4.79 Å². The highest BCUT2D eigenvalue weighted by Gasteiger charge is 2.10. The van der Waals surface area contributed by atoms with E-state index in [1.165, 1.54) is 0 Å². The summed E-state index contributed by atoms with van der Waals surface area (Å²) in [4.78, 5) is 17.5. The number of aromatic nitrogens is 2. The minimum absolute atomic E-state index is 0. The molecule has 2 heterocycles. The highest BCUT2D eigenvalue weighted by atomic mass is 35.5. The summed E-state index contributed by atoms with van der Waals surface area (Å²) in [5, 5.41) is 9.87. The molecule has 0 aromatic carbocycles.